The van der Waals surface area contributed by atoms with E-state index in [9.17, 15) is 4.79 Å². The minimum Gasteiger partial charge on any atom is -0.469 e. The van der Waals surface area contributed by atoms with Crippen LogP contribution >= 0.6 is 0 Å². The van der Waals surface area contributed by atoms with E-state index in [4.69, 9.17) is 4.42 Å². The first kappa shape index (κ1) is 7.85. The number of ether oxygens (including phenoxy) is 1. The summed E-state index contributed by atoms with van der Waals surface area (Å²) < 4.78 is 9.49. The van der Waals surface area contributed by atoms with Crippen LogP contribution in [0, 0.1) is 0 Å². The Bertz CT molecular complexity index is 213. The second-order valence-electron chi connectivity index (χ2n) is 2.16. The number of carbonyl (C=O) groups excluding carboxylic acids is 1. The third kappa shape index (κ3) is 2.45. The molecule has 0 amide bonds. The quantitative estimate of drug-likeness (QED) is 0.617. The molecule has 60 valence electrons. The highest BCUT2D eigenvalue weighted by atomic mass is 16.5. The van der Waals surface area contributed by atoms with Crippen LogP contribution in [-0.2, 0) is 16.0 Å². The lowest BCUT2D eigenvalue weighted by molar-refractivity contribution is -0.140. The maximum Gasteiger partial charge on any atom is 0.305 e. The number of hydrogen-bond acceptors (Lipinski definition) is 3. The number of hydrogen-bond donors (Lipinski definition) is 0. The van der Waals surface area contributed by atoms with Crippen molar-refractivity contribution in [3.8, 4) is 0 Å². The van der Waals surface area contributed by atoms with Gasteiger partial charge in [0.15, 0.2) is 0 Å². The summed E-state index contributed by atoms with van der Waals surface area (Å²) in [6.45, 7) is 0. The number of aryl methyl sites for hydroxylation is 1. The predicted octanol–water partition coefficient (Wildman–Crippen LogP) is 1.39. The van der Waals surface area contributed by atoms with Crippen molar-refractivity contribution in [2.24, 2.45) is 0 Å². The van der Waals surface area contributed by atoms with E-state index in [0.717, 1.165) is 5.76 Å². The summed E-state index contributed by atoms with van der Waals surface area (Å²) >= 11 is 0. The highest BCUT2D eigenvalue weighted by molar-refractivity contribution is 5.69. The van der Waals surface area contributed by atoms with E-state index in [0.29, 0.717) is 12.8 Å². The summed E-state index contributed by atoms with van der Waals surface area (Å²) in [5, 5.41) is 0. The van der Waals surface area contributed by atoms with E-state index < -0.39 is 0 Å². The van der Waals surface area contributed by atoms with Gasteiger partial charge in [0.1, 0.15) is 5.76 Å². The monoisotopic (exact) mass is 154 g/mol. The molecule has 11 heavy (non-hydrogen) atoms. The molecule has 0 aliphatic carbocycles. The Hall–Kier alpha value is -1.25. The van der Waals surface area contributed by atoms with Crippen LogP contribution in [0.3, 0.4) is 0 Å². The standard InChI is InChI=1S/C8H10O3/c1-10-8(9)5-4-7-3-2-6-11-7/h2-3,6H,4-5H2,1H3. The fourth-order valence-electron chi connectivity index (χ4n) is 0.782. The van der Waals surface area contributed by atoms with Gasteiger partial charge in [0.2, 0.25) is 0 Å². The Morgan fingerprint density at radius 3 is 3.09 bits per heavy atom. The number of esters is 1. The molecule has 0 radical (unpaired) electrons. The Balaban J connectivity index is 2.29. The molecule has 1 heterocycles. The first-order chi connectivity index (χ1) is 5.33. The van der Waals surface area contributed by atoms with Crippen LogP contribution in [0.1, 0.15) is 12.2 Å². The van der Waals surface area contributed by atoms with Crippen LogP contribution < -0.4 is 0 Å². The molecule has 0 aromatic carbocycles. The largest absolute Gasteiger partial charge is 0.469 e. The molecule has 1 rings (SSSR count). The lowest BCUT2D eigenvalue weighted by Gasteiger charge is -1.95. The van der Waals surface area contributed by atoms with Crippen molar-refractivity contribution >= 4 is 5.97 Å². The molecule has 0 unspecified atom stereocenters. The van der Waals surface area contributed by atoms with Crippen molar-refractivity contribution in [2.75, 3.05) is 7.11 Å². The third-order valence-corrected chi connectivity index (χ3v) is 1.38. The molecule has 1 aromatic heterocycles. The van der Waals surface area contributed by atoms with Crippen molar-refractivity contribution in [3.05, 3.63) is 24.2 Å². The van der Waals surface area contributed by atoms with Crippen molar-refractivity contribution in [1.82, 2.24) is 0 Å². The van der Waals surface area contributed by atoms with Crippen LogP contribution in [-0.4, -0.2) is 13.1 Å². The van der Waals surface area contributed by atoms with Gasteiger partial charge in [-0.3, -0.25) is 4.79 Å². The topological polar surface area (TPSA) is 39.4 Å². The summed E-state index contributed by atoms with van der Waals surface area (Å²) in [5.41, 5.74) is 0. The molecule has 0 saturated heterocycles. The van der Waals surface area contributed by atoms with Gasteiger partial charge in [-0.25, -0.2) is 0 Å². The Labute approximate surface area is 65.0 Å². The molecule has 0 atom stereocenters. The molecular weight excluding hydrogens is 144 g/mol. The number of carbonyl (C=O) groups is 1. The maximum atomic E-state index is 10.6. The molecule has 0 spiro atoms. The lowest BCUT2D eigenvalue weighted by Crippen LogP contribution is -2.01. The molecule has 0 aliphatic heterocycles. The zero-order chi connectivity index (χ0) is 8.10. The molecule has 0 N–H and O–H groups in total. The zero-order valence-corrected chi connectivity index (χ0v) is 6.37. The van der Waals surface area contributed by atoms with Gasteiger partial charge in [-0.05, 0) is 12.1 Å². The first-order valence-corrected chi connectivity index (χ1v) is 3.42. The molecule has 3 heteroatoms. The minimum atomic E-state index is -0.207. The van der Waals surface area contributed by atoms with Gasteiger partial charge in [-0.2, -0.15) is 0 Å². The van der Waals surface area contributed by atoms with Crippen molar-refractivity contribution in [2.45, 2.75) is 12.8 Å². The first-order valence-electron chi connectivity index (χ1n) is 3.42. The smallest absolute Gasteiger partial charge is 0.305 e. The highest BCUT2D eigenvalue weighted by Crippen LogP contribution is 2.03. The molecule has 0 fully saturated rings. The van der Waals surface area contributed by atoms with Gasteiger partial charge in [0, 0.05) is 6.42 Å². The fourth-order valence-corrected chi connectivity index (χ4v) is 0.782. The molecule has 0 bridgehead atoms. The van der Waals surface area contributed by atoms with Crippen LogP contribution in [0.4, 0.5) is 0 Å². The number of methoxy groups -OCH3 is 1. The highest BCUT2D eigenvalue weighted by Gasteiger charge is 2.01. The van der Waals surface area contributed by atoms with Crippen molar-refractivity contribution < 1.29 is 13.9 Å². The fraction of sp³-hybridized carbons (Fsp3) is 0.375. The minimum absolute atomic E-state index is 0.207. The molecule has 0 saturated carbocycles. The lowest BCUT2D eigenvalue weighted by atomic mass is 10.2. The van der Waals surface area contributed by atoms with E-state index >= 15 is 0 Å². The van der Waals surface area contributed by atoms with E-state index in [1.807, 2.05) is 6.07 Å². The van der Waals surface area contributed by atoms with Crippen LogP contribution in [0.5, 0.6) is 0 Å². The van der Waals surface area contributed by atoms with Crippen molar-refractivity contribution in [1.29, 1.82) is 0 Å². The van der Waals surface area contributed by atoms with E-state index in [1.54, 1.807) is 12.3 Å². The van der Waals surface area contributed by atoms with Gasteiger partial charge in [0.25, 0.3) is 0 Å². The average molecular weight is 154 g/mol. The van der Waals surface area contributed by atoms with E-state index in [1.165, 1.54) is 7.11 Å². The van der Waals surface area contributed by atoms with Crippen LogP contribution in [0.25, 0.3) is 0 Å². The second kappa shape index (κ2) is 3.81. The maximum absolute atomic E-state index is 10.6. The Kier molecular flexibility index (Phi) is 2.72. The number of furan rings is 1. The molecule has 0 aliphatic rings. The summed E-state index contributed by atoms with van der Waals surface area (Å²) in [7, 11) is 1.38. The van der Waals surface area contributed by atoms with Gasteiger partial charge < -0.3 is 9.15 Å². The number of rotatable bonds is 3. The summed E-state index contributed by atoms with van der Waals surface area (Å²) in [6, 6.07) is 3.63. The Morgan fingerprint density at radius 2 is 2.55 bits per heavy atom. The summed E-state index contributed by atoms with van der Waals surface area (Å²) in [5.74, 6) is 0.608. The van der Waals surface area contributed by atoms with Crippen LogP contribution in [0.2, 0.25) is 0 Å². The predicted molar refractivity (Wildman–Crippen MR) is 39.0 cm³/mol. The molecule has 3 nitrogen and oxygen atoms in total. The second-order valence-corrected chi connectivity index (χ2v) is 2.16. The summed E-state index contributed by atoms with van der Waals surface area (Å²) in [6.07, 6.45) is 2.58. The SMILES string of the molecule is COC(=O)CCc1ccco1. The normalized spacial score (nSPS) is 9.55. The average Bonchev–Trinajstić information content (AvgIpc) is 2.52. The molecule has 1 aromatic rings. The van der Waals surface area contributed by atoms with E-state index in [2.05, 4.69) is 4.74 Å². The van der Waals surface area contributed by atoms with Gasteiger partial charge in [-0.15, -0.1) is 0 Å². The van der Waals surface area contributed by atoms with Gasteiger partial charge in [-0.1, -0.05) is 0 Å². The summed E-state index contributed by atoms with van der Waals surface area (Å²) in [4.78, 5) is 10.6. The zero-order valence-electron chi connectivity index (χ0n) is 6.37. The van der Waals surface area contributed by atoms with Gasteiger partial charge >= 0.3 is 5.97 Å². The van der Waals surface area contributed by atoms with E-state index in [-0.39, 0.29) is 5.97 Å². The Morgan fingerprint density at radius 1 is 1.73 bits per heavy atom. The van der Waals surface area contributed by atoms with Crippen molar-refractivity contribution in [3.63, 3.8) is 0 Å². The third-order valence-electron chi connectivity index (χ3n) is 1.38. The van der Waals surface area contributed by atoms with Crippen LogP contribution in [0.15, 0.2) is 22.8 Å². The van der Waals surface area contributed by atoms with Gasteiger partial charge in [0.05, 0.1) is 19.8 Å². The molecular formula is C8H10O3.